The Morgan fingerprint density at radius 2 is 1.68 bits per heavy atom. The summed E-state index contributed by atoms with van der Waals surface area (Å²) in [5.41, 5.74) is 5.93. The summed E-state index contributed by atoms with van der Waals surface area (Å²) in [6.07, 6.45) is -0.411. The molecule has 0 heterocycles. The van der Waals surface area contributed by atoms with E-state index in [9.17, 15) is 29.1 Å². The topological polar surface area (TPSA) is 198 Å². The van der Waals surface area contributed by atoms with Crippen LogP contribution in [0, 0.1) is 5.92 Å². The van der Waals surface area contributed by atoms with Gasteiger partial charge in [-0.05, 0) is 36.5 Å². The van der Waals surface area contributed by atoms with Crippen molar-refractivity contribution in [3.63, 3.8) is 0 Å². The summed E-state index contributed by atoms with van der Waals surface area (Å²) < 4.78 is 9.81. The highest BCUT2D eigenvalue weighted by Crippen LogP contribution is 2.23. The van der Waals surface area contributed by atoms with Crippen molar-refractivity contribution >= 4 is 35.6 Å². The average Bonchev–Trinajstić information content (AvgIpc) is 2.92. The van der Waals surface area contributed by atoms with Crippen LogP contribution in [0.1, 0.15) is 42.6 Å². The molecule has 2 aromatic rings. The van der Waals surface area contributed by atoms with Crippen molar-refractivity contribution in [1.29, 1.82) is 0 Å². The second-order valence-electron chi connectivity index (χ2n) is 9.13. The van der Waals surface area contributed by atoms with Crippen molar-refractivity contribution < 1.29 is 38.6 Å². The Balaban J connectivity index is 2.10. The molecule has 216 valence electrons. The second-order valence-corrected chi connectivity index (χ2v) is 9.13. The van der Waals surface area contributed by atoms with Gasteiger partial charge in [0.25, 0.3) is 0 Å². The van der Waals surface area contributed by atoms with Crippen LogP contribution in [0.15, 0.2) is 48.5 Å². The fourth-order valence-corrected chi connectivity index (χ4v) is 3.60. The molecule has 0 fully saturated rings. The van der Waals surface area contributed by atoms with E-state index in [1.165, 1.54) is 25.3 Å². The highest BCUT2D eigenvalue weighted by Gasteiger charge is 2.29. The van der Waals surface area contributed by atoms with Crippen LogP contribution in [0.4, 0.5) is 15.3 Å². The summed E-state index contributed by atoms with van der Waals surface area (Å²) in [7, 11) is 1.17. The summed E-state index contributed by atoms with van der Waals surface area (Å²) in [6, 6.07) is 10.0. The Hall–Kier alpha value is -4.81. The van der Waals surface area contributed by atoms with Crippen LogP contribution in [0.2, 0.25) is 0 Å². The number of rotatable bonds is 13. The SMILES string of the molecule is COC(=O)c1ccc(NC(=O)[C@H](CCCNC(N)=O)NC(=O)C(NC(=O)OCc2ccccc2)C(C)C)cc1O. The first-order valence-corrected chi connectivity index (χ1v) is 12.5. The quantitative estimate of drug-likeness (QED) is 0.159. The Morgan fingerprint density at radius 3 is 2.27 bits per heavy atom. The molecule has 0 spiro atoms. The Bertz CT molecular complexity index is 1190. The molecule has 0 radical (unpaired) electrons. The molecule has 2 atom stereocenters. The van der Waals surface area contributed by atoms with Gasteiger partial charge in [0.1, 0.15) is 30.0 Å². The van der Waals surface area contributed by atoms with E-state index in [0.29, 0.717) is 0 Å². The van der Waals surface area contributed by atoms with Crippen LogP contribution < -0.4 is 27.0 Å². The molecular formula is C27H35N5O8. The maximum Gasteiger partial charge on any atom is 0.408 e. The number of primary amides is 1. The van der Waals surface area contributed by atoms with Gasteiger partial charge in [0.15, 0.2) is 0 Å². The van der Waals surface area contributed by atoms with E-state index >= 15 is 0 Å². The van der Waals surface area contributed by atoms with E-state index < -0.39 is 47.7 Å². The number of hydrogen-bond acceptors (Lipinski definition) is 8. The zero-order valence-electron chi connectivity index (χ0n) is 22.6. The van der Waals surface area contributed by atoms with E-state index in [1.807, 2.05) is 6.07 Å². The van der Waals surface area contributed by atoms with E-state index in [0.717, 1.165) is 5.56 Å². The summed E-state index contributed by atoms with van der Waals surface area (Å²) >= 11 is 0. The molecule has 0 saturated carbocycles. The third-order valence-corrected chi connectivity index (χ3v) is 5.71. The van der Waals surface area contributed by atoms with Crippen molar-refractivity contribution in [2.45, 2.75) is 45.4 Å². The number of anilines is 1. The molecule has 0 aromatic heterocycles. The van der Waals surface area contributed by atoms with Gasteiger partial charge in [-0.25, -0.2) is 14.4 Å². The van der Waals surface area contributed by atoms with Crippen molar-refractivity contribution in [2.24, 2.45) is 11.7 Å². The molecule has 0 aliphatic rings. The number of benzene rings is 2. The molecule has 7 N–H and O–H groups in total. The number of phenolic OH excluding ortho intramolecular Hbond substituents is 1. The molecular weight excluding hydrogens is 522 g/mol. The van der Waals surface area contributed by atoms with E-state index in [-0.39, 0.29) is 43.2 Å². The van der Waals surface area contributed by atoms with Crippen LogP contribution in [-0.2, 0) is 25.7 Å². The number of nitrogens with two attached hydrogens (primary N) is 1. The largest absolute Gasteiger partial charge is 0.507 e. The van der Waals surface area contributed by atoms with Gasteiger partial charge in [0, 0.05) is 18.3 Å². The van der Waals surface area contributed by atoms with Crippen molar-refractivity contribution in [3.8, 4) is 5.75 Å². The number of methoxy groups -OCH3 is 1. The summed E-state index contributed by atoms with van der Waals surface area (Å²) in [4.78, 5) is 61.4. The molecule has 0 bridgehead atoms. The lowest BCUT2D eigenvalue weighted by molar-refractivity contribution is -0.128. The van der Waals surface area contributed by atoms with Crippen molar-refractivity contribution in [3.05, 3.63) is 59.7 Å². The lowest BCUT2D eigenvalue weighted by Gasteiger charge is -2.25. The van der Waals surface area contributed by atoms with Gasteiger partial charge in [0.05, 0.1) is 7.11 Å². The molecule has 13 heteroatoms. The number of ether oxygens (including phenoxy) is 2. The lowest BCUT2D eigenvalue weighted by Crippen LogP contribution is -2.54. The Kier molecular flexibility index (Phi) is 12.2. The minimum Gasteiger partial charge on any atom is -0.507 e. The molecule has 1 unspecified atom stereocenters. The fourth-order valence-electron chi connectivity index (χ4n) is 3.60. The predicted molar refractivity (Wildman–Crippen MR) is 145 cm³/mol. The maximum absolute atomic E-state index is 13.2. The van der Waals surface area contributed by atoms with Crippen LogP contribution in [0.25, 0.3) is 0 Å². The standard InChI is InChI=1S/C27H35N5O8/c1-16(2)22(32-27(38)40-15-17-8-5-4-6-9-17)24(35)31-20(10-7-13-29-26(28)37)23(34)30-18-11-12-19(21(33)14-18)25(36)39-3/h4-6,8-9,11-12,14,16,20,22,33H,7,10,13,15H2,1-3H3,(H,30,34)(H,31,35)(H,32,38)(H3,28,29,37)/t20-,22?/m0/s1. The number of alkyl carbamates (subject to hydrolysis) is 1. The van der Waals surface area contributed by atoms with Crippen LogP contribution >= 0.6 is 0 Å². The number of amides is 5. The van der Waals surface area contributed by atoms with Crippen molar-refractivity contribution in [2.75, 3.05) is 19.0 Å². The zero-order valence-corrected chi connectivity index (χ0v) is 22.6. The van der Waals surface area contributed by atoms with Gasteiger partial charge < -0.3 is 41.6 Å². The number of aromatic hydroxyl groups is 1. The van der Waals surface area contributed by atoms with Gasteiger partial charge in [-0.2, -0.15) is 0 Å². The van der Waals surface area contributed by atoms with E-state index in [4.69, 9.17) is 10.5 Å². The number of phenols is 1. The lowest BCUT2D eigenvalue weighted by atomic mass is 10.0. The van der Waals surface area contributed by atoms with E-state index in [1.54, 1.807) is 38.1 Å². The first-order chi connectivity index (χ1) is 19.0. The first-order valence-electron chi connectivity index (χ1n) is 12.5. The summed E-state index contributed by atoms with van der Waals surface area (Å²) in [5, 5.41) is 20.3. The fraction of sp³-hybridized carbons (Fsp3) is 0.370. The van der Waals surface area contributed by atoms with Crippen LogP contribution in [0.3, 0.4) is 0 Å². The molecule has 0 aliphatic heterocycles. The number of hydrogen-bond donors (Lipinski definition) is 6. The molecule has 40 heavy (non-hydrogen) atoms. The van der Waals surface area contributed by atoms with Gasteiger partial charge in [-0.1, -0.05) is 44.2 Å². The maximum atomic E-state index is 13.2. The molecule has 2 aromatic carbocycles. The van der Waals surface area contributed by atoms with Gasteiger partial charge >= 0.3 is 18.1 Å². The number of esters is 1. The van der Waals surface area contributed by atoms with E-state index in [2.05, 4.69) is 26.0 Å². The van der Waals surface area contributed by atoms with Crippen LogP contribution in [-0.4, -0.2) is 60.8 Å². The van der Waals surface area contributed by atoms with Gasteiger partial charge in [0.2, 0.25) is 11.8 Å². The Labute approximate surface area is 231 Å². The molecule has 0 aliphatic carbocycles. The first kappa shape index (κ1) is 31.4. The summed E-state index contributed by atoms with van der Waals surface area (Å²) in [6.45, 7) is 3.61. The van der Waals surface area contributed by atoms with Gasteiger partial charge in [-0.15, -0.1) is 0 Å². The minimum atomic E-state index is -1.09. The molecule has 13 nitrogen and oxygen atoms in total. The number of carbonyl (C=O) groups excluding carboxylic acids is 5. The molecule has 0 saturated heterocycles. The normalized spacial score (nSPS) is 12.0. The summed E-state index contributed by atoms with van der Waals surface area (Å²) in [5.74, 6) is -2.77. The van der Waals surface area contributed by atoms with Crippen LogP contribution in [0.5, 0.6) is 5.75 Å². The Morgan fingerprint density at radius 1 is 0.975 bits per heavy atom. The highest BCUT2D eigenvalue weighted by atomic mass is 16.5. The number of carbonyl (C=O) groups is 5. The monoisotopic (exact) mass is 557 g/mol. The third kappa shape index (κ3) is 10.2. The van der Waals surface area contributed by atoms with Crippen molar-refractivity contribution in [1.82, 2.24) is 16.0 Å². The number of nitrogens with one attached hydrogen (secondary N) is 4. The average molecular weight is 558 g/mol. The molecule has 2 rings (SSSR count). The van der Waals surface area contributed by atoms with Gasteiger partial charge in [-0.3, -0.25) is 9.59 Å². The zero-order chi connectivity index (χ0) is 29.7. The smallest absolute Gasteiger partial charge is 0.408 e. The third-order valence-electron chi connectivity index (χ3n) is 5.71. The minimum absolute atomic E-state index is 0.0125. The predicted octanol–water partition coefficient (Wildman–Crippen LogP) is 2.00. The second kappa shape index (κ2) is 15.6. The number of urea groups is 1. The highest BCUT2D eigenvalue weighted by molar-refractivity contribution is 5.99. The molecule has 5 amide bonds.